The van der Waals surface area contributed by atoms with E-state index in [1.54, 1.807) is 6.92 Å². The number of nitrogens with one attached hydrogen (secondary N) is 3. The van der Waals surface area contributed by atoms with Gasteiger partial charge < -0.3 is 118 Å². The van der Waals surface area contributed by atoms with Gasteiger partial charge >= 0.3 is 23.9 Å². The minimum Gasteiger partial charge on any atom is -0.467 e. The SMILES string of the molecule is CCC(CO)OC(CO)OCC(COC(=O)CCCC(=O)NC(C)C(C)=O)OC(CO)OCC(CO)OC(CO)OCC(COC(=O)CCCC(=O)NC(C)C(=O)OC)OC(CO)OCC(CO)OC(COC(=O)CCCC(=O)NC(C)C(C)=O)OC. The van der Waals surface area contributed by atoms with Crippen LogP contribution in [-0.2, 0) is 109 Å². The van der Waals surface area contributed by atoms with Crippen LogP contribution in [-0.4, -0.2) is 276 Å². The van der Waals surface area contributed by atoms with Crippen molar-refractivity contribution in [2.24, 2.45) is 0 Å². The van der Waals surface area contributed by atoms with Crippen LogP contribution in [0.15, 0.2) is 0 Å². The molecule has 3 amide bonds. The Morgan fingerprint density at radius 1 is 0.368 bits per heavy atom. The van der Waals surface area contributed by atoms with Gasteiger partial charge in [0.2, 0.25) is 17.7 Å². The normalized spacial score (nSPS) is 16.0. The number of amides is 3. The number of aliphatic hydroxyl groups excluding tert-OH is 7. The van der Waals surface area contributed by atoms with Gasteiger partial charge in [0.05, 0.1) is 98.0 Å². The molecule has 0 aliphatic rings. The molecule has 0 aliphatic heterocycles. The number of esters is 4. The van der Waals surface area contributed by atoms with Crippen LogP contribution in [0.25, 0.3) is 0 Å². The summed E-state index contributed by atoms with van der Waals surface area (Å²) in [5.41, 5.74) is 0. The summed E-state index contributed by atoms with van der Waals surface area (Å²) in [4.78, 5) is 109. The van der Waals surface area contributed by atoms with E-state index < -0.39 is 214 Å². The lowest BCUT2D eigenvalue weighted by molar-refractivity contribution is -0.264. The molecule has 0 heterocycles. The molecule has 0 aromatic heterocycles. The van der Waals surface area contributed by atoms with Gasteiger partial charge in [0.1, 0.15) is 50.3 Å². The number of rotatable bonds is 55. The molecular weight excluding hydrogens is 1170 g/mol. The van der Waals surface area contributed by atoms with Crippen molar-refractivity contribution in [3.05, 3.63) is 0 Å². The number of carbonyl (C=O) groups is 9. The highest BCUT2D eigenvalue weighted by Gasteiger charge is 2.28. The fraction of sp³-hybridized carbons (Fsp3) is 0.833. The highest BCUT2D eigenvalue weighted by atomic mass is 16.8. The zero-order chi connectivity index (χ0) is 65.7. The van der Waals surface area contributed by atoms with Gasteiger partial charge in [0.15, 0.2) is 43.0 Å². The van der Waals surface area contributed by atoms with Crippen molar-refractivity contribution in [3.8, 4) is 0 Å². The highest BCUT2D eigenvalue weighted by Crippen LogP contribution is 2.14. The Morgan fingerprint density at radius 2 is 0.667 bits per heavy atom. The molecule has 0 aliphatic carbocycles. The average Bonchev–Trinajstić information content (AvgIpc) is 3.66. The van der Waals surface area contributed by atoms with Crippen LogP contribution in [0.2, 0.25) is 0 Å². The minimum atomic E-state index is -1.58. The van der Waals surface area contributed by atoms with Crippen LogP contribution in [0.5, 0.6) is 0 Å². The minimum absolute atomic E-state index is 0.0130. The standard InChI is InChI=1S/C54H95N3O30/c1-9-38(19-58)83-49(22-61)81-30-41(28-76-46(70)16-10-13-43(67)55-33(2)36(5)65)86-51(24-63)79-26-39(20-59)84-50(23-62)82-31-42(29-77-47(71)17-12-15-45(69)57-35(4)54(73)75-8)87-52(25-64)80-27-40(21-60)85-53(74-7)32-78-48(72)18-11-14-44(68)56-34(3)37(6)66/h33-35,38-42,49-53,58-64H,9-32H2,1-8H3,(H,55,67)(H,56,68)(H,57,69). The molecule has 0 fully saturated rings. The molecular formula is C54H95N3O30. The fourth-order valence-corrected chi connectivity index (χ4v) is 6.74. The van der Waals surface area contributed by atoms with E-state index in [0.29, 0.717) is 6.42 Å². The first kappa shape index (κ1) is 82.0. The zero-order valence-corrected chi connectivity index (χ0v) is 51.0. The first-order chi connectivity index (χ1) is 41.4. The lowest BCUT2D eigenvalue weighted by Crippen LogP contribution is -2.41. The van der Waals surface area contributed by atoms with E-state index in [9.17, 15) is 78.9 Å². The van der Waals surface area contributed by atoms with E-state index in [0.717, 1.165) is 7.11 Å². The zero-order valence-electron chi connectivity index (χ0n) is 51.0. The molecule has 0 aromatic carbocycles. The Labute approximate surface area is 505 Å². The molecule has 0 aromatic rings. The molecule has 10 N–H and O–H groups in total. The third kappa shape index (κ3) is 40.3. The molecule has 0 saturated heterocycles. The molecule has 87 heavy (non-hydrogen) atoms. The molecule has 13 atom stereocenters. The van der Waals surface area contributed by atoms with Crippen LogP contribution in [0.3, 0.4) is 0 Å². The average molecular weight is 1270 g/mol. The molecule has 0 radical (unpaired) electrons. The van der Waals surface area contributed by atoms with Crippen LogP contribution in [0.1, 0.15) is 106 Å². The van der Waals surface area contributed by atoms with Crippen molar-refractivity contribution in [3.63, 3.8) is 0 Å². The lowest BCUT2D eigenvalue weighted by Gasteiger charge is -2.29. The van der Waals surface area contributed by atoms with Crippen molar-refractivity contribution < 1.29 is 145 Å². The summed E-state index contributed by atoms with van der Waals surface area (Å²) in [7, 11) is 2.38. The van der Waals surface area contributed by atoms with Crippen LogP contribution in [0, 0.1) is 0 Å². The highest BCUT2D eigenvalue weighted by molar-refractivity contribution is 5.88. The maximum atomic E-state index is 12.9. The van der Waals surface area contributed by atoms with Crippen molar-refractivity contribution >= 4 is 53.2 Å². The van der Waals surface area contributed by atoms with Gasteiger partial charge in [0.25, 0.3) is 0 Å². The van der Waals surface area contributed by atoms with Crippen molar-refractivity contribution in [2.75, 3.05) is 107 Å². The van der Waals surface area contributed by atoms with Crippen LogP contribution >= 0.6 is 0 Å². The Morgan fingerprint density at radius 3 is 0.966 bits per heavy atom. The van der Waals surface area contributed by atoms with E-state index >= 15 is 0 Å². The van der Waals surface area contributed by atoms with E-state index in [-0.39, 0.29) is 69.4 Å². The van der Waals surface area contributed by atoms with Crippen molar-refractivity contribution in [1.29, 1.82) is 0 Å². The number of aliphatic hydroxyl groups is 7. The first-order valence-electron chi connectivity index (χ1n) is 28.4. The number of Topliss-reactive ketones (excluding diaryl/α,β-unsaturated/α-hetero) is 2. The maximum Gasteiger partial charge on any atom is 0.328 e. The number of hydrogen-bond donors (Lipinski definition) is 10. The number of ketones is 2. The topological polar surface area (TPSA) is 461 Å². The van der Waals surface area contributed by atoms with Gasteiger partial charge in [-0.3, -0.25) is 38.4 Å². The maximum absolute atomic E-state index is 12.9. The monoisotopic (exact) mass is 1270 g/mol. The summed E-state index contributed by atoms with van der Waals surface area (Å²) in [5.74, 6) is -4.89. The summed E-state index contributed by atoms with van der Waals surface area (Å²) >= 11 is 0. The molecule has 33 nitrogen and oxygen atoms in total. The van der Waals surface area contributed by atoms with Gasteiger partial charge in [-0.25, -0.2) is 4.79 Å². The van der Waals surface area contributed by atoms with Gasteiger partial charge in [-0.1, -0.05) is 6.92 Å². The van der Waals surface area contributed by atoms with E-state index in [2.05, 4.69) is 20.7 Å². The molecule has 13 unspecified atom stereocenters. The molecule has 506 valence electrons. The Balaban J connectivity index is 6.05. The van der Waals surface area contributed by atoms with E-state index in [4.69, 9.17) is 61.6 Å². The van der Waals surface area contributed by atoms with Gasteiger partial charge in [-0.15, -0.1) is 0 Å². The molecule has 0 spiro atoms. The number of hydrogen-bond acceptors (Lipinski definition) is 30. The van der Waals surface area contributed by atoms with Gasteiger partial charge in [-0.2, -0.15) is 0 Å². The molecule has 33 heteroatoms. The predicted octanol–water partition coefficient (Wildman–Crippen LogP) is -3.38. The van der Waals surface area contributed by atoms with E-state index in [1.807, 2.05) is 0 Å². The third-order valence-electron chi connectivity index (χ3n) is 12.0. The van der Waals surface area contributed by atoms with Crippen LogP contribution in [0.4, 0.5) is 0 Å². The number of methoxy groups -OCH3 is 2. The second kappa shape index (κ2) is 49.8. The summed E-state index contributed by atoms with van der Waals surface area (Å²) < 4.78 is 77.0. The third-order valence-corrected chi connectivity index (χ3v) is 12.0. The number of carbonyl (C=O) groups excluding carboxylic acids is 9. The largest absolute Gasteiger partial charge is 0.467 e. The van der Waals surface area contributed by atoms with Crippen LogP contribution < -0.4 is 16.0 Å². The lowest BCUT2D eigenvalue weighted by atomic mass is 10.2. The summed E-state index contributed by atoms with van der Waals surface area (Å²) in [6, 6.07) is -2.34. The molecule has 0 rings (SSSR count). The Bertz CT molecular complexity index is 1950. The molecule has 0 bridgehead atoms. The Hall–Kier alpha value is -5.05. The van der Waals surface area contributed by atoms with Crippen molar-refractivity contribution in [2.45, 2.75) is 186 Å². The summed E-state index contributed by atoms with van der Waals surface area (Å²) in [6.45, 7) is 0.0793. The first-order valence-corrected chi connectivity index (χ1v) is 28.4. The predicted molar refractivity (Wildman–Crippen MR) is 295 cm³/mol. The molecule has 0 saturated carbocycles. The van der Waals surface area contributed by atoms with Crippen molar-refractivity contribution in [1.82, 2.24) is 16.0 Å². The summed E-state index contributed by atoms with van der Waals surface area (Å²) in [5, 5.41) is 78.0. The van der Waals surface area contributed by atoms with Gasteiger partial charge in [0, 0.05) is 45.6 Å². The van der Waals surface area contributed by atoms with Gasteiger partial charge in [-0.05, 0) is 60.3 Å². The quantitative estimate of drug-likeness (QED) is 0.0161. The smallest absolute Gasteiger partial charge is 0.328 e. The number of ether oxygens (including phenoxy) is 14. The fourth-order valence-electron chi connectivity index (χ4n) is 6.74. The second-order valence-electron chi connectivity index (χ2n) is 19.4. The second-order valence-corrected chi connectivity index (χ2v) is 19.4. The summed E-state index contributed by atoms with van der Waals surface area (Å²) in [6.07, 6.45) is -13.4. The van der Waals surface area contributed by atoms with E-state index in [1.165, 1.54) is 41.7 Å². The Kier molecular flexibility index (Phi) is 46.9.